The van der Waals surface area contributed by atoms with E-state index in [2.05, 4.69) is 33.7 Å². The number of benzene rings is 2. The van der Waals surface area contributed by atoms with Crippen molar-refractivity contribution in [1.29, 1.82) is 0 Å². The predicted octanol–water partition coefficient (Wildman–Crippen LogP) is 5.52. The highest BCUT2D eigenvalue weighted by atomic mass is 16.5. The van der Waals surface area contributed by atoms with Crippen LogP contribution in [0.15, 0.2) is 79.0 Å². The molecule has 2 aliphatic rings. The zero-order valence-corrected chi connectivity index (χ0v) is 26.5. The molecule has 0 aliphatic carbocycles. The number of rotatable bonds is 9. The van der Waals surface area contributed by atoms with E-state index in [-0.39, 0.29) is 11.9 Å². The number of amides is 1. The molecule has 5 aromatic rings. The van der Waals surface area contributed by atoms with Gasteiger partial charge in [0.15, 0.2) is 12.1 Å². The number of nitrogens with zero attached hydrogens (tertiary/aromatic N) is 7. The Morgan fingerprint density at radius 1 is 0.936 bits per heavy atom. The zero-order valence-electron chi connectivity index (χ0n) is 26.5. The van der Waals surface area contributed by atoms with E-state index in [1.165, 1.54) is 0 Å². The van der Waals surface area contributed by atoms with E-state index in [1.807, 2.05) is 71.6 Å². The third-order valence-corrected chi connectivity index (χ3v) is 9.10. The number of hydrogen-bond donors (Lipinski definition) is 2. The number of likely N-dealkylation sites (N-methyl/N-ethyl adjacent to an activating group) is 1. The van der Waals surface area contributed by atoms with Crippen LogP contribution in [0.1, 0.15) is 59.9 Å². The Morgan fingerprint density at radius 2 is 1.74 bits per heavy atom. The average Bonchev–Trinajstić information content (AvgIpc) is 3.51. The molecule has 47 heavy (non-hydrogen) atoms. The molecular formula is C37H39N7O3. The summed E-state index contributed by atoms with van der Waals surface area (Å²) in [6.07, 6.45) is 8.72. The lowest BCUT2D eigenvalue weighted by molar-refractivity contribution is -0.0465. The van der Waals surface area contributed by atoms with E-state index in [9.17, 15) is 15.0 Å². The SMILES string of the molecule is CN1CC=Cc2nc(-c3ccccn3)n(C3CCN(C(=O)c4ccc5nc(-c6ccccc6)c(CCCCC(O)O)nc5c4)CC3)c21. The molecule has 2 aliphatic heterocycles. The first-order valence-electron chi connectivity index (χ1n) is 16.4. The van der Waals surface area contributed by atoms with Crippen LogP contribution in [0.4, 0.5) is 5.82 Å². The number of aromatic nitrogens is 5. The number of fused-ring (bicyclic) bond motifs is 2. The standard InChI is InChI=1S/C37H39N7O3/c1-42-21-9-14-31-36(42)44(35(41-31)30-13-7-8-20-38-30)27-18-22-43(23-19-27)37(47)26-16-17-28-32(24-26)39-29(12-5-6-15-33(45)46)34(40-28)25-10-3-2-4-11-25/h2-4,7-11,13-14,16-17,20,24,27,33,45-46H,5-6,12,15,18-19,21-23H2,1H3. The van der Waals surface area contributed by atoms with Crippen molar-refractivity contribution in [2.45, 2.75) is 50.9 Å². The highest BCUT2D eigenvalue weighted by Gasteiger charge is 2.31. The van der Waals surface area contributed by atoms with Crippen LogP contribution in [0, 0.1) is 0 Å². The van der Waals surface area contributed by atoms with Crippen molar-refractivity contribution in [2.24, 2.45) is 0 Å². The van der Waals surface area contributed by atoms with Gasteiger partial charge in [-0.2, -0.15) is 0 Å². The first-order chi connectivity index (χ1) is 23.0. The minimum atomic E-state index is -1.31. The molecule has 5 heterocycles. The first kappa shape index (κ1) is 30.7. The topological polar surface area (TPSA) is 121 Å². The smallest absolute Gasteiger partial charge is 0.253 e. The molecule has 2 N–H and O–H groups in total. The maximum Gasteiger partial charge on any atom is 0.253 e. The summed E-state index contributed by atoms with van der Waals surface area (Å²) in [6, 6.07) is 21.7. The monoisotopic (exact) mass is 629 g/mol. The van der Waals surface area contributed by atoms with Crippen molar-refractivity contribution in [3.63, 3.8) is 0 Å². The maximum atomic E-state index is 13.8. The number of likely N-dealkylation sites (tertiary alicyclic amines) is 1. The number of carbonyl (C=O) groups excluding carboxylic acids is 1. The molecule has 0 saturated carbocycles. The fourth-order valence-corrected chi connectivity index (χ4v) is 6.72. The van der Waals surface area contributed by atoms with Gasteiger partial charge < -0.3 is 24.6 Å². The number of carbonyl (C=O) groups is 1. The normalized spacial score (nSPS) is 15.1. The third-order valence-electron chi connectivity index (χ3n) is 9.10. The zero-order chi connectivity index (χ0) is 32.3. The molecule has 0 bridgehead atoms. The van der Waals surface area contributed by atoms with Gasteiger partial charge >= 0.3 is 0 Å². The van der Waals surface area contributed by atoms with Crippen LogP contribution < -0.4 is 4.90 Å². The fourth-order valence-electron chi connectivity index (χ4n) is 6.72. The Labute approximate surface area is 274 Å². The number of imidazole rings is 1. The van der Waals surface area contributed by atoms with Gasteiger partial charge in [0.2, 0.25) is 0 Å². The Balaban J connectivity index is 1.12. The van der Waals surface area contributed by atoms with E-state index in [0.29, 0.717) is 43.4 Å². The summed E-state index contributed by atoms with van der Waals surface area (Å²) in [5.74, 6) is 1.96. The second kappa shape index (κ2) is 13.4. The van der Waals surface area contributed by atoms with Gasteiger partial charge in [-0.15, -0.1) is 0 Å². The van der Waals surface area contributed by atoms with Crippen molar-refractivity contribution in [1.82, 2.24) is 29.4 Å². The van der Waals surface area contributed by atoms with Gasteiger partial charge in [0.25, 0.3) is 5.91 Å². The van der Waals surface area contributed by atoms with Crippen LogP contribution in [0.5, 0.6) is 0 Å². The first-order valence-corrected chi connectivity index (χ1v) is 16.4. The average molecular weight is 630 g/mol. The van der Waals surface area contributed by atoms with Gasteiger partial charge in [0.1, 0.15) is 17.2 Å². The summed E-state index contributed by atoms with van der Waals surface area (Å²) >= 11 is 0. The van der Waals surface area contributed by atoms with E-state index in [0.717, 1.165) is 71.3 Å². The van der Waals surface area contributed by atoms with Gasteiger partial charge in [0, 0.05) is 50.0 Å². The number of aryl methyl sites for hydroxylation is 1. The molecule has 0 atom stereocenters. The van der Waals surface area contributed by atoms with Crippen LogP contribution in [-0.2, 0) is 6.42 Å². The Bertz CT molecular complexity index is 1900. The number of aliphatic hydroxyl groups excluding tert-OH is 1. The highest BCUT2D eigenvalue weighted by Crippen LogP contribution is 2.38. The van der Waals surface area contributed by atoms with E-state index < -0.39 is 6.29 Å². The summed E-state index contributed by atoms with van der Waals surface area (Å²) in [5, 5.41) is 18.5. The summed E-state index contributed by atoms with van der Waals surface area (Å²) < 4.78 is 2.34. The molecule has 10 nitrogen and oxygen atoms in total. The van der Waals surface area contributed by atoms with Crippen molar-refractivity contribution < 1.29 is 15.0 Å². The maximum absolute atomic E-state index is 13.8. The highest BCUT2D eigenvalue weighted by molar-refractivity contribution is 5.97. The second-order valence-corrected chi connectivity index (χ2v) is 12.4. The van der Waals surface area contributed by atoms with Crippen LogP contribution in [0.3, 0.4) is 0 Å². The number of piperidine rings is 1. The van der Waals surface area contributed by atoms with E-state index in [1.54, 1.807) is 6.20 Å². The summed E-state index contributed by atoms with van der Waals surface area (Å²) in [6.45, 7) is 2.09. The minimum Gasteiger partial charge on any atom is -0.368 e. The molecule has 7 rings (SSSR count). The molecule has 3 aromatic heterocycles. The Morgan fingerprint density at radius 3 is 2.51 bits per heavy atom. The molecule has 0 radical (unpaired) electrons. The minimum absolute atomic E-state index is 0.00423. The lowest BCUT2D eigenvalue weighted by atomic mass is 10.0. The lowest BCUT2D eigenvalue weighted by Gasteiger charge is -2.35. The molecule has 240 valence electrons. The summed E-state index contributed by atoms with van der Waals surface area (Å²) in [4.78, 5) is 37.6. The predicted molar refractivity (Wildman–Crippen MR) is 183 cm³/mol. The van der Waals surface area contributed by atoms with Gasteiger partial charge in [-0.05, 0) is 74.9 Å². The fraction of sp³-hybridized carbons (Fsp3) is 0.324. The molecular weight excluding hydrogens is 590 g/mol. The van der Waals surface area contributed by atoms with Crippen LogP contribution in [0.2, 0.25) is 0 Å². The molecule has 2 aromatic carbocycles. The molecule has 1 fully saturated rings. The third kappa shape index (κ3) is 6.39. The van der Waals surface area contributed by atoms with Gasteiger partial charge in [-0.25, -0.2) is 15.0 Å². The molecule has 10 heteroatoms. The van der Waals surface area contributed by atoms with E-state index in [4.69, 9.17) is 15.0 Å². The second-order valence-electron chi connectivity index (χ2n) is 12.4. The Kier molecular flexibility index (Phi) is 8.78. The van der Waals surface area contributed by atoms with Gasteiger partial charge in [-0.1, -0.05) is 42.5 Å². The molecule has 0 unspecified atom stereocenters. The Hall–Kier alpha value is -4.93. The van der Waals surface area contributed by atoms with Gasteiger partial charge in [-0.3, -0.25) is 9.78 Å². The quantitative estimate of drug-likeness (QED) is 0.162. The number of anilines is 1. The van der Waals surface area contributed by atoms with Crippen molar-refractivity contribution in [2.75, 3.05) is 31.6 Å². The molecule has 1 amide bonds. The van der Waals surface area contributed by atoms with Gasteiger partial charge in [0.05, 0.1) is 22.4 Å². The number of unbranched alkanes of at least 4 members (excludes halogenated alkanes) is 1. The van der Waals surface area contributed by atoms with Crippen molar-refractivity contribution in [3.8, 4) is 22.8 Å². The molecule has 0 spiro atoms. The number of aliphatic hydroxyl groups is 2. The molecule has 1 saturated heterocycles. The van der Waals surface area contributed by atoms with Crippen LogP contribution in [0.25, 0.3) is 39.9 Å². The van der Waals surface area contributed by atoms with E-state index >= 15 is 0 Å². The van der Waals surface area contributed by atoms with Crippen LogP contribution in [-0.4, -0.2) is 78.5 Å². The van der Waals surface area contributed by atoms with Crippen molar-refractivity contribution >= 4 is 28.8 Å². The van der Waals surface area contributed by atoms with Crippen molar-refractivity contribution in [3.05, 3.63) is 96.0 Å². The lowest BCUT2D eigenvalue weighted by Crippen LogP contribution is -2.39. The summed E-state index contributed by atoms with van der Waals surface area (Å²) in [5.41, 5.74) is 6.46. The summed E-state index contributed by atoms with van der Waals surface area (Å²) in [7, 11) is 2.09. The number of pyridine rings is 1. The largest absolute Gasteiger partial charge is 0.368 e. The number of hydrogen-bond acceptors (Lipinski definition) is 8. The van der Waals surface area contributed by atoms with Crippen LogP contribution >= 0.6 is 0 Å².